The molecule has 0 radical (unpaired) electrons. The lowest BCUT2D eigenvalue weighted by molar-refractivity contribution is -0.121. The van der Waals surface area contributed by atoms with E-state index in [0.717, 1.165) is 30.0 Å². The Hall–Kier alpha value is -1.59. The molecule has 0 unspecified atom stereocenters. The van der Waals surface area contributed by atoms with Crippen LogP contribution in [0.4, 0.5) is 5.69 Å². The second-order valence-corrected chi connectivity index (χ2v) is 5.00. The number of amides is 1. The first-order valence-corrected chi connectivity index (χ1v) is 6.52. The van der Waals surface area contributed by atoms with Gasteiger partial charge in [-0.1, -0.05) is 6.07 Å². The molecule has 2 rings (SSSR count). The Balaban J connectivity index is 2.16. The number of carbonyl (C=O) groups is 1. The Morgan fingerprint density at radius 2 is 2.21 bits per heavy atom. The topological polar surface area (TPSA) is 58.8 Å². The smallest absolute Gasteiger partial charge is 0.265 e. The fourth-order valence-corrected chi connectivity index (χ4v) is 2.16. The normalized spacial score (nSPS) is 14.5. The quantitative estimate of drug-likeness (QED) is 0.854. The van der Waals surface area contributed by atoms with Crippen molar-refractivity contribution < 1.29 is 9.53 Å². The van der Waals surface area contributed by atoms with Crippen molar-refractivity contribution in [2.45, 2.75) is 13.0 Å². The van der Waals surface area contributed by atoms with Gasteiger partial charge < -0.3 is 20.3 Å². The van der Waals surface area contributed by atoms with Gasteiger partial charge in [0.15, 0.2) is 6.61 Å². The van der Waals surface area contributed by atoms with Crippen LogP contribution in [0.2, 0.25) is 0 Å². The van der Waals surface area contributed by atoms with Gasteiger partial charge >= 0.3 is 0 Å². The molecule has 2 N–H and O–H groups in total. The van der Waals surface area contributed by atoms with Crippen molar-refractivity contribution in [2.24, 2.45) is 5.73 Å². The molecule has 1 amide bonds. The van der Waals surface area contributed by atoms with E-state index in [4.69, 9.17) is 10.5 Å². The van der Waals surface area contributed by atoms with Crippen molar-refractivity contribution >= 4 is 11.6 Å². The number of carbonyl (C=O) groups excluding carboxylic acids is 1. The van der Waals surface area contributed by atoms with E-state index in [0.29, 0.717) is 13.1 Å². The highest BCUT2D eigenvalue weighted by molar-refractivity contribution is 5.97. The average Bonchev–Trinajstić information content (AvgIpc) is 2.40. The van der Waals surface area contributed by atoms with Gasteiger partial charge in [-0.25, -0.2) is 0 Å². The number of benzene rings is 1. The zero-order valence-electron chi connectivity index (χ0n) is 11.6. The van der Waals surface area contributed by atoms with Gasteiger partial charge in [-0.3, -0.25) is 4.79 Å². The SMILES string of the molecule is CN(C)CCCN1C(=O)COc2ccc(CN)cc21. The second kappa shape index (κ2) is 6.04. The third-order valence-electron chi connectivity index (χ3n) is 3.19. The van der Waals surface area contributed by atoms with Crippen LogP contribution >= 0.6 is 0 Å². The van der Waals surface area contributed by atoms with Crippen LogP contribution < -0.4 is 15.4 Å². The van der Waals surface area contributed by atoms with Crippen molar-refractivity contribution in [1.82, 2.24) is 4.90 Å². The summed E-state index contributed by atoms with van der Waals surface area (Å²) in [7, 11) is 4.06. The van der Waals surface area contributed by atoms with Crippen LogP contribution in [0.3, 0.4) is 0 Å². The summed E-state index contributed by atoms with van der Waals surface area (Å²) in [6.07, 6.45) is 0.936. The summed E-state index contributed by atoms with van der Waals surface area (Å²) >= 11 is 0. The number of fused-ring (bicyclic) bond motifs is 1. The molecule has 5 heteroatoms. The first-order chi connectivity index (χ1) is 9.11. The van der Waals surface area contributed by atoms with E-state index in [9.17, 15) is 4.79 Å². The summed E-state index contributed by atoms with van der Waals surface area (Å²) in [6, 6.07) is 5.78. The number of anilines is 1. The molecule has 0 saturated heterocycles. The zero-order valence-corrected chi connectivity index (χ0v) is 11.6. The second-order valence-electron chi connectivity index (χ2n) is 5.00. The lowest BCUT2D eigenvalue weighted by Gasteiger charge is -2.30. The van der Waals surface area contributed by atoms with Crippen molar-refractivity contribution in [2.75, 3.05) is 38.7 Å². The van der Waals surface area contributed by atoms with Gasteiger partial charge in [-0.15, -0.1) is 0 Å². The summed E-state index contributed by atoms with van der Waals surface area (Å²) < 4.78 is 5.45. The van der Waals surface area contributed by atoms with Gasteiger partial charge in [-0.05, 0) is 44.8 Å². The molecule has 1 aromatic rings. The Morgan fingerprint density at radius 1 is 1.42 bits per heavy atom. The minimum absolute atomic E-state index is 0.0143. The van der Waals surface area contributed by atoms with E-state index < -0.39 is 0 Å². The molecule has 1 heterocycles. The van der Waals surface area contributed by atoms with Gasteiger partial charge in [0.2, 0.25) is 0 Å². The molecule has 0 fully saturated rings. The third kappa shape index (κ3) is 3.24. The molecule has 0 spiro atoms. The maximum atomic E-state index is 12.0. The van der Waals surface area contributed by atoms with Gasteiger partial charge in [-0.2, -0.15) is 0 Å². The van der Waals surface area contributed by atoms with Crippen LogP contribution in [-0.4, -0.2) is 44.6 Å². The first-order valence-electron chi connectivity index (χ1n) is 6.52. The maximum absolute atomic E-state index is 12.0. The van der Waals surface area contributed by atoms with E-state index in [2.05, 4.69) is 4.90 Å². The maximum Gasteiger partial charge on any atom is 0.265 e. The minimum Gasteiger partial charge on any atom is -0.482 e. The fourth-order valence-electron chi connectivity index (χ4n) is 2.16. The molecule has 0 saturated carbocycles. The van der Waals surface area contributed by atoms with Gasteiger partial charge in [0, 0.05) is 13.1 Å². The van der Waals surface area contributed by atoms with Crippen molar-refractivity contribution in [3.8, 4) is 5.75 Å². The van der Waals surface area contributed by atoms with Crippen molar-refractivity contribution in [1.29, 1.82) is 0 Å². The number of nitrogens with zero attached hydrogens (tertiary/aromatic N) is 2. The van der Waals surface area contributed by atoms with Crippen LogP contribution in [0, 0.1) is 0 Å². The first kappa shape index (κ1) is 13.8. The molecule has 1 aromatic carbocycles. The van der Waals surface area contributed by atoms with E-state index in [-0.39, 0.29) is 12.5 Å². The number of ether oxygens (including phenoxy) is 1. The summed E-state index contributed by atoms with van der Waals surface area (Å²) in [4.78, 5) is 15.9. The molecule has 19 heavy (non-hydrogen) atoms. The van der Waals surface area contributed by atoms with Crippen LogP contribution in [0.1, 0.15) is 12.0 Å². The minimum atomic E-state index is 0.0143. The molecule has 1 aliphatic heterocycles. The predicted molar refractivity (Wildman–Crippen MR) is 75.4 cm³/mol. The molecule has 0 bridgehead atoms. The molecule has 5 nitrogen and oxygen atoms in total. The molecule has 0 atom stereocenters. The standard InChI is InChI=1S/C14H21N3O2/c1-16(2)6-3-7-17-12-8-11(9-15)4-5-13(12)19-10-14(17)18/h4-5,8H,3,6-7,9-10,15H2,1-2H3. The van der Waals surface area contributed by atoms with Crippen molar-refractivity contribution in [3.63, 3.8) is 0 Å². The van der Waals surface area contributed by atoms with Crippen molar-refractivity contribution in [3.05, 3.63) is 23.8 Å². The lowest BCUT2D eigenvalue weighted by Crippen LogP contribution is -2.40. The molecule has 104 valence electrons. The lowest BCUT2D eigenvalue weighted by atomic mass is 10.1. The number of rotatable bonds is 5. The summed E-state index contributed by atoms with van der Waals surface area (Å²) in [5.74, 6) is 0.780. The Labute approximate surface area is 113 Å². The number of hydrogen-bond acceptors (Lipinski definition) is 4. The highest BCUT2D eigenvalue weighted by atomic mass is 16.5. The predicted octanol–water partition coefficient (Wildman–Crippen LogP) is 0.822. The van der Waals surface area contributed by atoms with Crippen LogP contribution in [0.15, 0.2) is 18.2 Å². The summed E-state index contributed by atoms with van der Waals surface area (Å²) in [5.41, 5.74) is 7.51. The van der Waals surface area contributed by atoms with E-state index in [1.165, 1.54) is 0 Å². The monoisotopic (exact) mass is 263 g/mol. The average molecular weight is 263 g/mol. The van der Waals surface area contributed by atoms with E-state index >= 15 is 0 Å². The number of hydrogen-bond donors (Lipinski definition) is 1. The largest absolute Gasteiger partial charge is 0.482 e. The Morgan fingerprint density at radius 3 is 2.89 bits per heavy atom. The van der Waals surface area contributed by atoms with Crippen LogP contribution in [0.25, 0.3) is 0 Å². The molecular weight excluding hydrogens is 242 g/mol. The highest BCUT2D eigenvalue weighted by Crippen LogP contribution is 2.32. The van der Waals surface area contributed by atoms with Gasteiger partial charge in [0.05, 0.1) is 5.69 Å². The summed E-state index contributed by atoms with van der Waals surface area (Å²) in [6.45, 7) is 2.25. The van der Waals surface area contributed by atoms with Gasteiger partial charge in [0.25, 0.3) is 5.91 Å². The molecule has 0 aromatic heterocycles. The Bertz CT molecular complexity index is 460. The van der Waals surface area contributed by atoms with Gasteiger partial charge in [0.1, 0.15) is 5.75 Å². The van der Waals surface area contributed by atoms with E-state index in [1.807, 2.05) is 37.2 Å². The zero-order chi connectivity index (χ0) is 13.8. The Kier molecular flexibility index (Phi) is 4.39. The fraction of sp³-hybridized carbons (Fsp3) is 0.500. The molecule has 1 aliphatic rings. The number of nitrogens with two attached hydrogens (primary N) is 1. The highest BCUT2D eigenvalue weighted by Gasteiger charge is 2.25. The van der Waals surface area contributed by atoms with Crippen LogP contribution in [0.5, 0.6) is 5.75 Å². The molecular formula is C14H21N3O2. The third-order valence-corrected chi connectivity index (χ3v) is 3.19. The van der Waals surface area contributed by atoms with E-state index in [1.54, 1.807) is 0 Å². The summed E-state index contributed by atoms with van der Waals surface area (Å²) in [5, 5.41) is 0. The molecule has 0 aliphatic carbocycles. The van der Waals surface area contributed by atoms with Crippen LogP contribution in [-0.2, 0) is 11.3 Å².